The van der Waals surface area contributed by atoms with Crippen LogP contribution in [0.3, 0.4) is 0 Å². The summed E-state index contributed by atoms with van der Waals surface area (Å²) < 4.78 is 10.6. The molecule has 1 aromatic rings. The lowest BCUT2D eigenvalue weighted by molar-refractivity contribution is 0.202. The van der Waals surface area contributed by atoms with Crippen molar-refractivity contribution >= 4 is 24.8 Å². The molecular formula is C13H22Cl2N2O2. The largest absolute Gasteiger partial charge is 0.493 e. The fourth-order valence-electron chi connectivity index (χ4n) is 2.24. The van der Waals surface area contributed by atoms with Gasteiger partial charge in [0.1, 0.15) is 0 Å². The van der Waals surface area contributed by atoms with E-state index in [9.17, 15) is 0 Å². The molecule has 6 heteroatoms. The van der Waals surface area contributed by atoms with Crippen LogP contribution in [0.4, 0.5) is 0 Å². The average molecular weight is 309 g/mol. The number of nitrogens with zero attached hydrogens (tertiary/aromatic N) is 1. The molecule has 0 spiro atoms. The molecule has 1 aliphatic rings. The summed E-state index contributed by atoms with van der Waals surface area (Å²) in [5.74, 6) is 1.58. The summed E-state index contributed by atoms with van der Waals surface area (Å²) in [6.07, 6.45) is 0. The van der Waals surface area contributed by atoms with Crippen LogP contribution in [0.25, 0.3) is 0 Å². The molecule has 1 aliphatic heterocycles. The molecule has 1 atom stereocenters. The van der Waals surface area contributed by atoms with E-state index >= 15 is 0 Å². The van der Waals surface area contributed by atoms with Crippen LogP contribution in [-0.2, 0) is 0 Å². The summed E-state index contributed by atoms with van der Waals surface area (Å²) >= 11 is 0. The van der Waals surface area contributed by atoms with Gasteiger partial charge in [0.2, 0.25) is 0 Å². The number of likely N-dealkylation sites (N-methyl/N-ethyl adjacent to an activating group) is 1. The van der Waals surface area contributed by atoms with E-state index in [1.807, 2.05) is 6.07 Å². The van der Waals surface area contributed by atoms with Crippen molar-refractivity contribution in [2.75, 3.05) is 40.9 Å². The minimum atomic E-state index is 0. The predicted molar refractivity (Wildman–Crippen MR) is 82.3 cm³/mol. The van der Waals surface area contributed by atoms with Crippen LogP contribution in [0.5, 0.6) is 11.5 Å². The number of hydrogen-bond acceptors (Lipinski definition) is 4. The minimum Gasteiger partial charge on any atom is -0.493 e. The van der Waals surface area contributed by atoms with Gasteiger partial charge in [-0.05, 0) is 24.7 Å². The quantitative estimate of drug-likeness (QED) is 0.927. The van der Waals surface area contributed by atoms with Crippen LogP contribution in [0.15, 0.2) is 18.2 Å². The second-order valence-electron chi connectivity index (χ2n) is 4.31. The highest BCUT2D eigenvalue weighted by Gasteiger charge is 2.21. The highest BCUT2D eigenvalue weighted by Crippen LogP contribution is 2.31. The lowest BCUT2D eigenvalue weighted by Crippen LogP contribution is -2.43. The molecule has 0 saturated carbocycles. The molecular weight excluding hydrogens is 287 g/mol. The SMILES string of the molecule is COc1ccc(C2CNCCN2C)cc1OC.Cl.Cl. The van der Waals surface area contributed by atoms with E-state index < -0.39 is 0 Å². The summed E-state index contributed by atoms with van der Waals surface area (Å²) in [5.41, 5.74) is 1.26. The van der Waals surface area contributed by atoms with Gasteiger partial charge in [-0.3, -0.25) is 4.90 Å². The van der Waals surface area contributed by atoms with Gasteiger partial charge in [-0.15, -0.1) is 24.8 Å². The zero-order chi connectivity index (χ0) is 12.3. The van der Waals surface area contributed by atoms with Crippen molar-refractivity contribution in [1.29, 1.82) is 0 Å². The molecule has 1 N–H and O–H groups in total. The first-order chi connectivity index (χ1) is 8.26. The zero-order valence-corrected chi connectivity index (χ0v) is 13.1. The molecule has 0 aromatic heterocycles. The Hall–Kier alpha value is -0.680. The number of rotatable bonds is 3. The molecule has 0 bridgehead atoms. The van der Waals surface area contributed by atoms with Gasteiger partial charge in [0, 0.05) is 25.7 Å². The van der Waals surface area contributed by atoms with Crippen LogP contribution in [0, 0.1) is 0 Å². The van der Waals surface area contributed by atoms with Gasteiger partial charge in [-0.25, -0.2) is 0 Å². The molecule has 2 rings (SSSR count). The van der Waals surface area contributed by atoms with Crippen molar-refractivity contribution in [2.24, 2.45) is 0 Å². The smallest absolute Gasteiger partial charge is 0.161 e. The van der Waals surface area contributed by atoms with Gasteiger partial charge in [-0.1, -0.05) is 6.07 Å². The molecule has 19 heavy (non-hydrogen) atoms. The van der Waals surface area contributed by atoms with Crippen molar-refractivity contribution in [2.45, 2.75) is 6.04 Å². The Morgan fingerprint density at radius 3 is 2.42 bits per heavy atom. The van der Waals surface area contributed by atoms with Gasteiger partial charge in [0.05, 0.1) is 14.2 Å². The van der Waals surface area contributed by atoms with Crippen molar-refractivity contribution in [3.8, 4) is 11.5 Å². The van der Waals surface area contributed by atoms with Crippen molar-refractivity contribution in [3.63, 3.8) is 0 Å². The van der Waals surface area contributed by atoms with E-state index in [-0.39, 0.29) is 24.8 Å². The van der Waals surface area contributed by atoms with Gasteiger partial charge in [0.25, 0.3) is 0 Å². The third kappa shape index (κ3) is 4.14. The molecule has 0 radical (unpaired) electrons. The number of benzene rings is 1. The third-order valence-electron chi connectivity index (χ3n) is 3.30. The van der Waals surface area contributed by atoms with Gasteiger partial charge in [0.15, 0.2) is 11.5 Å². The Bertz CT molecular complexity index is 391. The lowest BCUT2D eigenvalue weighted by Gasteiger charge is -2.33. The van der Waals surface area contributed by atoms with E-state index in [1.165, 1.54) is 5.56 Å². The molecule has 1 saturated heterocycles. The Labute approximate surface area is 127 Å². The topological polar surface area (TPSA) is 33.7 Å². The molecule has 110 valence electrons. The summed E-state index contributed by atoms with van der Waals surface area (Å²) in [5, 5.41) is 3.42. The highest BCUT2D eigenvalue weighted by molar-refractivity contribution is 5.85. The van der Waals surface area contributed by atoms with Crippen LogP contribution < -0.4 is 14.8 Å². The summed E-state index contributed by atoms with van der Waals surface area (Å²) in [6, 6.07) is 6.54. The highest BCUT2D eigenvalue weighted by atomic mass is 35.5. The molecule has 4 nitrogen and oxygen atoms in total. The molecule has 0 aliphatic carbocycles. The second-order valence-corrected chi connectivity index (χ2v) is 4.31. The van der Waals surface area contributed by atoms with Gasteiger partial charge in [-0.2, -0.15) is 0 Å². The standard InChI is InChI=1S/C13H20N2O2.2ClH/c1-15-7-6-14-9-11(15)10-4-5-12(16-2)13(8-10)17-3;;/h4-5,8,11,14H,6-7,9H2,1-3H3;2*1H. The molecule has 0 amide bonds. The van der Waals surface area contributed by atoms with Crippen LogP contribution in [-0.4, -0.2) is 45.8 Å². The fourth-order valence-corrected chi connectivity index (χ4v) is 2.24. The summed E-state index contributed by atoms with van der Waals surface area (Å²) in [7, 11) is 5.48. The monoisotopic (exact) mass is 308 g/mol. The Morgan fingerprint density at radius 2 is 1.84 bits per heavy atom. The maximum absolute atomic E-state index is 5.34. The van der Waals surface area contributed by atoms with Crippen LogP contribution in [0.2, 0.25) is 0 Å². The van der Waals surface area contributed by atoms with Gasteiger partial charge >= 0.3 is 0 Å². The maximum Gasteiger partial charge on any atom is 0.161 e. The van der Waals surface area contributed by atoms with Crippen LogP contribution in [0.1, 0.15) is 11.6 Å². The summed E-state index contributed by atoms with van der Waals surface area (Å²) in [6.45, 7) is 3.10. The van der Waals surface area contributed by atoms with Gasteiger partial charge < -0.3 is 14.8 Å². The first-order valence-corrected chi connectivity index (χ1v) is 5.89. The maximum atomic E-state index is 5.34. The third-order valence-corrected chi connectivity index (χ3v) is 3.30. The average Bonchev–Trinajstić information content (AvgIpc) is 2.38. The minimum absolute atomic E-state index is 0. The number of methoxy groups -OCH3 is 2. The predicted octanol–water partition coefficient (Wildman–Crippen LogP) is 2.12. The number of ether oxygens (including phenoxy) is 2. The second kappa shape index (κ2) is 8.48. The van der Waals surface area contributed by atoms with E-state index in [1.54, 1.807) is 14.2 Å². The Kier molecular flexibility index (Phi) is 8.18. The molecule has 1 aromatic carbocycles. The lowest BCUT2D eigenvalue weighted by atomic mass is 10.0. The van der Waals surface area contributed by atoms with Crippen molar-refractivity contribution in [1.82, 2.24) is 10.2 Å². The molecule has 1 unspecified atom stereocenters. The molecule has 1 heterocycles. The van der Waals surface area contributed by atoms with E-state index in [4.69, 9.17) is 9.47 Å². The van der Waals surface area contributed by atoms with E-state index in [0.29, 0.717) is 6.04 Å². The normalized spacial score (nSPS) is 19.0. The first kappa shape index (κ1) is 18.3. The fraction of sp³-hybridized carbons (Fsp3) is 0.538. The number of halogens is 2. The summed E-state index contributed by atoms with van der Waals surface area (Å²) in [4.78, 5) is 2.36. The number of piperazine rings is 1. The van der Waals surface area contributed by atoms with Crippen LogP contribution >= 0.6 is 24.8 Å². The molecule has 1 fully saturated rings. The van der Waals surface area contributed by atoms with Crippen molar-refractivity contribution < 1.29 is 9.47 Å². The van der Waals surface area contributed by atoms with E-state index in [0.717, 1.165) is 31.1 Å². The number of nitrogens with one attached hydrogen (secondary N) is 1. The number of hydrogen-bond donors (Lipinski definition) is 1. The first-order valence-electron chi connectivity index (χ1n) is 5.89. The Morgan fingerprint density at radius 1 is 1.16 bits per heavy atom. The Balaban J connectivity index is 0.00000162. The van der Waals surface area contributed by atoms with Crippen molar-refractivity contribution in [3.05, 3.63) is 23.8 Å². The van der Waals surface area contributed by atoms with E-state index in [2.05, 4.69) is 29.4 Å². The zero-order valence-electron chi connectivity index (χ0n) is 11.5.